The number of rotatable bonds is 3. The summed E-state index contributed by atoms with van der Waals surface area (Å²) < 4.78 is 0. The summed E-state index contributed by atoms with van der Waals surface area (Å²) in [5.74, 6) is -0.0422. The lowest BCUT2D eigenvalue weighted by Crippen LogP contribution is -2.30. The zero-order chi connectivity index (χ0) is 12.3. The number of nitrogens with zero attached hydrogens (tertiary/aromatic N) is 1. The maximum absolute atomic E-state index is 11.8. The Morgan fingerprint density at radius 3 is 3.06 bits per heavy atom. The zero-order valence-electron chi connectivity index (χ0n) is 9.89. The van der Waals surface area contributed by atoms with Crippen LogP contribution in [0.25, 0.3) is 0 Å². The topological polar surface area (TPSA) is 68.0 Å². The summed E-state index contributed by atoms with van der Waals surface area (Å²) in [6.07, 6.45) is 8.01. The van der Waals surface area contributed by atoms with E-state index >= 15 is 0 Å². The van der Waals surface area contributed by atoms with Crippen LogP contribution in [0.4, 0.5) is 0 Å². The molecule has 2 atom stereocenters. The average Bonchev–Trinajstić information content (AvgIpc) is 2.74. The van der Waals surface area contributed by atoms with Crippen molar-refractivity contribution in [2.45, 2.75) is 25.9 Å². The number of aryl methyl sites for hydroxylation is 1. The largest absolute Gasteiger partial charge is 0.351 e. The maximum Gasteiger partial charge on any atom is 0.227 e. The third kappa shape index (κ3) is 2.91. The fraction of sp³-hybridized carbons (Fsp3) is 0.385. The third-order valence-corrected chi connectivity index (χ3v) is 3.05. The zero-order valence-corrected chi connectivity index (χ0v) is 9.89. The molecule has 1 aromatic rings. The number of carbonyl (C=O) groups excluding carboxylic acids is 1. The Kier molecular flexibility index (Phi) is 3.54. The van der Waals surface area contributed by atoms with Crippen LogP contribution in [-0.2, 0) is 11.3 Å². The highest BCUT2D eigenvalue weighted by Gasteiger charge is 2.22. The number of carbonyl (C=O) groups is 1. The summed E-state index contributed by atoms with van der Waals surface area (Å²) in [4.78, 5) is 15.9. The molecule has 4 heteroatoms. The van der Waals surface area contributed by atoms with Gasteiger partial charge in [-0.1, -0.05) is 12.2 Å². The first-order chi connectivity index (χ1) is 8.16. The lowest BCUT2D eigenvalue weighted by molar-refractivity contribution is -0.123. The monoisotopic (exact) mass is 231 g/mol. The lowest BCUT2D eigenvalue weighted by Gasteiger charge is -2.11. The molecule has 0 saturated carbocycles. The van der Waals surface area contributed by atoms with E-state index in [1.165, 1.54) is 0 Å². The molecule has 0 saturated heterocycles. The van der Waals surface area contributed by atoms with Crippen LogP contribution in [0, 0.1) is 12.8 Å². The minimum Gasteiger partial charge on any atom is -0.351 e. The van der Waals surface area contributed by atoms with Crippen LogP contribution in [0.15, 0.2) is 30.6 Å². The molecule has 1 aliphatic rings. The summed E-state index contributed by atoms with van der Waals surface area (Å²) in [7, 11) is 0. The molecule has 1 heterocycles. The summed E-state index contributed by atoms with van der Waals surface area (Å²) in [6.45, 7) is 2.53. The SMILES string of the molecule is Cc1ccncc1CNC(=O)C1C=CC(N)C1. The van der Waals surface area contributed by atoms with Gasteiger partial charge in [-0.2, -0.15) is 0 Å². The first-order valence-corrected chi connectivity index (χ1v) is 5.78. The second kappa shape index (κ2) is 5.10. The van der Waals surface area contributed by atoms with E-state index in [4.69, 9.17) is 5.73 Å². The van der Waals surface area contributed by atoms with Gasteiger partial charge in [0, 0.05) is 25.0 Å². The molecule has 3 N–H and O–H groups in total. The van der Waals surface area contributed by atoms with E-state index in [-0.39, 0.29) is 17.9 Å². The molecule has 2 rings (SSSR count). The fourth-order valence-electron chi connectivity index (χ4n) is 1.92. The number of hydrogen-bond acceptors (Lipinski definition) is 3. The van der Waals surface area contributed by atoms with Crippen molar-refractivity contribution < 1.29 is 4.79 Å². The normalized spacial score (nSPS) is 22.7. The molecule has 2 unspecified atom stereocenters. The second-order valence-electron chi connectivity index (χ2n) is 4.41. The van der Waals surface area contributed by atoms with Crippen molar-refractivity contribution in [1.82, 2.24) is 10.3 Å². The number of pyridine rings is 1. The van der Waals surface area contributed by atoms with Gasteiger partial charge in [-0.3, -0.25) is 9.78 Å². The summed E-state index contributed by atoms with van der Waals surface area (Å²) in [5.41, 5.74) is 7.90. The molecule has 4 nitrogen and oxygen atoms in total. The Hall–Kier alpha value is -1.68. The first-order valence-electron chi connectivity index (χ1n) is 5.78. The molecular formula is C13H17N3O. The molecule has 0 spiro atoms. The average molecular weight is 231 g/mol. The summed E-state index contributed by atoms with van der Waals surface area (Å²) >= 11 is 0. The molecule has 0 aromatic carbocycles. The highest BCUT2D eigenvalue weighted by molar-refractivity contribution is 5.81. The molecule has 0 aliphatic heterocycles. The fourth-order valence-corrected chi connectivity index (χ4v) is 1.92. The van der Waals surface area contributed by atoms with Crippen LogP contribution in [0.1, 0.15) is 17.5 Å². The van der Waals surface area contributed by atoms with Crippen molar-refractivity contribution in [3.8, 4) is 0 Å². The van der Waals surface area contributed by atoms with E-state index in [1.807, 2.05) is 25.1 Å². The van der Waals surface area contributed by atoms with Crippen LogP contribution in [0.5, 0.6) is 0 Å². The van der Waals surface area contributed by atoms with Gasteiger partial charge in [0.2, 0.25) is 5.91 Å². The van der Waals surface area contributed by atoms with E-state index < -0.39 is 0 Å². The maximum atomic E-state index is 11.8. The Bertz CT molecular complexity index is 442. The van der Waals surface area contributed by atoms with Crippen LogP contribution >= 0.6 is 0 Å². The van der Waals surface area contributed by atoms with Gasteiger partial charge in [0.15, 0.2) is 0 Å². The van der Waals surface area contributed by atoms with Gasteiger partial charge in [0.05, 0.1) is 5.92 Å². The van der Waals surface area contributed by atoms with Crippen LogP contribution < -0.4 is 11.1 Å². The van der Waals surface area contributed by atoms with Crippen LogP contribution in [0.3, 0.4) is 0 Å². The molecule has 1 aliphatic carbocycles. The molecule has 1 aromatic heterocycles. The smallest absolute Gasteiger partial charge is 0.227 e. The first kappa shape index (κ1) is 11.8. The minimum absolute atomic E-state index is 0.0193. The quantitative estimate of drug-likeness (QED) is 0.760. The van der Waals surface area contributed by atoms with Crippen molar-refractivity contribution in [2.75, 3.05) is 0 Å². The van der Waals surface area contributed by atoms with Gasteiger partial charge < -0.3 is 11.1 Å². The third-order valence-electron chi connectivity index (χ3n) is 3.05. The number of amides is 1. The van der Waals surface area contributed by atoms with Crippen molar-refractivity contribution in [1.29, 1.82) is 0 Å². The molecule has 90 valence electrons. The van der Waals surface area contributed by atoms with E-state index in [1.54, 1.807) is 12.4 Å². The summed E-state index contributed by atoms with van der Waals surface area (Å²) in [5, 5.41) is 2.92. The summed E-state index contributed by atoms with van der Waals surface area (Å²) in [6, 6.07) is 1.96. The lowest BCUT2D eigenvalue weighted by atomic mass is 10.1. The van der Waals surface area contributed by atoms with Crippen molar-refractivity contribution >= 4 is 5.91 Å². The standard InChI is InChI=1S/C13H17N3O/c1-9-4-5-15-7-11(9)8-16-13(17)10-2-3-12(14)6-10/h2-5,7,10,12H,6,8,14H2,1H3,(H,16,17). The van der Waals surface area contributed by atoms with Crippen molar-refractivity contribution in [2.24, 2.45) is 11.7 Å². The molecule has 0 fully saturated rings. The predicted molar refractivity (Wildman–Crippen MR) is 66.0 cm³/mol. The van der Waals surface area contributed by atoms with Gasteiger partial charge >= 0.3 is 0 Å². The van der Waals surface area contributed by atoms with Crippen LogP contribution in [-0.4, -0.2) is 16.9 Å². The van der Waals surface area contributed by atoms with Gasteiger partial charge in [-0.05, 0) is 30.5 Å². The second-order valence-corrected chi connectivity index (χ2v) is 4.41. The Morgan fingerprint density at radius 1 is 1.59 bits per heavy atom. The number of aromatic nitrogens is 1. The van der Waals surface area contributed by atoms with E-state index in [0.29, 0.717) is 13.0 Å². The highest BCUT2D eigenvalue weighted by Crippen LogP contribution is 2.16. The Labute approximate surface area is 101 Å². The predicted octanol–water partition coefficient (Wildman–Crippen LogP) is 0.910. The molecular weight excluding hydrogens is 214 g/mol. The van der Waals surface area contributed by atoms with E-state index in [0.717, 1.165) is 11.1 Å². The number of nitrogens with one attached hydrogen (secondary N) is 1. The van der Waals surface area contributed by atoms with Crippen LogP contribution in [0.2, 0.25) is 0 Å². The van der Waals surface area contributed by atoms with Crippen molar-refractivity contribution in [3.63, 3.8) is 0 Å². The minimum atomic E-state index is -0.0815. The Morgan fingerprint density at radius 2 is 2.41 bits per heavy atom. The van der Waals surface area contributed by atoms with Gasteiger partial charge in [-0.15, -0.1) is 0 Å². The molecule has 1 amide bonds. The molecule has 0 radical (unpaired) electrons. The van der Waals surface area contributed by atoms with Gasteiger partial charge in [0.1, 0.15) is 0 Å². The Balaban J connectivity index is 1.89. The van der Waals surface area contributed by atoms with E-state index in [2.05, 4.69) is 10.3 Å². The van der Waals surface area contributed by atoms with Gasteiger partial charge in [0.25, 0.3) is 0 Å². The van der Waals surface area contributed by atoms with Crippen molar-refractivity contribution in [3.05, 3.63) is 41.7 Å². The molecule has 0 bridgehead atoms. The number of hydrogen-bond donors (Lipinski definition) is 2. The van der Waals surface area contributed by atoms with Gasteiger partial charge in [-0.25, -0.2) is 0 Å². The molecule has 17 heavy (non-hydrogen) atoms. The number of nitrogens with two attached hydrogens (primary N) is 1. The van der Waals surface area contributed by atoms with E-state index in [9.17, 15) is 4.79 Å². The highest BCUT2D eigenvalue weighted by atomic mass is 16.1.